The molecule has 0 aliphatic carbocycles. The third-order valence-corrected chi connectivity index (χ3v) is 6.20. The van der Waals surface area contributed by atoms with Crippen molar-refractivity contribution >= 4 is 40.8 Å². The fraction of sp³-hybridized carbons (Fsp3) is 0.185. The molecule has 1 amide bonds. The number of amides is 1. The first-order chi connectivity index (χ1) is 18.0. The van der Waals surface area contributed by atoms with Gasteiger partial charge in [0.25, 0.3) is 5.91 Å². The van der Waals surface area contributed by atoms with Crippen molar-refractivity contribution < 1.29 is 4.79 Å². The van der Waals surface area contributed by atoms with Gasteiger partial charge in [-0.1, -0.05) is 42.5 Å². The molecule has 188 valence electrons. The number of benzene rings is 3. The largest absolute Gasteiger partial charge is 0.397 e. The number of aromatic nitrogens is 3. The highest BCUT2D eigenvalue weighted by atomic mass is 16.1. The lowest BCUT2D eigenvalue weighted by Crippen LogP contribution is -2.47. The highest BCUT2D eigenvalue weighted by molar-refractivity contribution is 6.05. The Morgan fingerprint density at radius 2 is 1.46 bits per heavy atom. The number of nitrogens with zero attached hydrogens (tertiary/aromatic N) is 5. The summed E-state index contributed by atoms with van der Waals surface area (Å²) in [6.07, 6.45) is 0. The van der Waals surface area contributed by atoms with Crippen LogP contribution in [0.25, 0.3) is 0 Å². The molecule has 0 unspecified atom stereocenters. The molecule has 1 aliphatic heterocycles. The Hall–Kier alpha value is -4.86. The van der Waals surface area contributed by atoms with Gasteiger partial charge in [-0.15, -0.1) is 0 Å². The average Bonchev–Trinajstić information content (AvgIpc) is 2.94. The Balaban J connectivity index is 1.18. The number of para-hydroxylation sites is 3. The van der Waals surface area contributed by atoms with E-state index in [0.717, 1.165) is 31.7 Å². The standard InChI is InChI=1S/C27H29N9O/c28-22-8-4-5-9-23(22)31-24(37)20-12-10-19(11-13-20)18-30-26-32-25(29)33-27(34-26)36-16-14-35(15-17-36)21-6-2-1-3-7-21/h1-13H,14-18,28H2,(H,31,37)(H3,29,30,32,33,34). The van der Waals surface area contributed by atoms with Gasteiger partial charge in [-0.2, -0.15) is 15.0 Å². The molecule has 0 spiro atoms. The summed E-state index contributed by atoms with van der Waals surface area (Å²) >= 11 is 0. The normalized spacial score (nSPS) is 13.3. The zero-order valence-electron chi connectivity index (χ0n) is 20.3. The van der Waals surface area contributed by atoms with Crippen LogP contribution < -0.4 is 31.9 Å². The smallest absolute Gasteiger partial charge is 0.255 e. The van der Waals surface area contributed by atoms with Crippen LogP contribution in [-0.4, -0.2) is 47.0 Å². The number of hydrogen-bond acceptors (Lipinski definition) is 9. The van der Waals surface area contributed by atoms with E-state index < -0.39 is 0 Å². The summed E-state index contributed by atoms with van der Waals surface area (Å²) in [4.78, 5) is 30.2. The third kappa shape index (κ3) is 5.87. The van der Waals surface area contributed by atoms with Crippen molar-refractivity contribution in [1.29, 1.82) is 0 Å². The topological polar surface area (TPSA) is 138 Å². The van der Waals surface area contributed by atoms with Crippen molar-refractivity contribution in [3.8, 4) is 0 Å². The second kappa shape index (κ2) is 10.8. The maximum absolute atomic E-state index is 12.6. The molecule has 0 bridgehead atoms. The van der Waals surface area contributed by atoms with Crippen LogP contribution in [0.2, 0.25) is 0 Å². The van der Waals surface area contributed by atoms with Crippen LogP contribution in [0.4, 0.5) is 34.9 Å². The lowest BCUT2D eigenvalue weighted by atomic mass is 10.1. The number of carbonyl (C=O) groups is 1. The number of nitrogen functional groups attached to an aromatic ring is 2. The first-order valence-corrected chi connectivity index (χ1v) is 12.1. The van der Waals surface area contributed by atoms with E-state index in [9.17, 15) is 4.79 Å². The van der Waals surface area contributed by atoms with Gasteiger partial charge in [-0.3, -0.25) is 4.79 Å². The third-order valence-electron chi connectivity index (χ3n) is 6.20. The molecule has 10 heteroatoms. The summed E-state index contributed by atoms with van der Waals surface area (Å²) in [7, 11) is 0. The van der Waals surface area contributed by atoms with E-state index >= 15 is 0 Å². The Morgan fingerprint density at radius 1 is 0.784 bits per heavy atom. The molecular weight excluding hydrogens is 466 g/mol. The highest BCUT2D eigenvalue weighted by Crippen LogP contribution is 2.20. The average molecular weight is 496 g/mol. The second-order valence-electron chi connectivity index (χ2n) is 8.72. The van der Waals surface area contributed by atoms with E-state index in [-0.39, 0.29) is 11.9 Å². The van der Waals surface area contributed by atoms with Crippen LogP contribution in [0, 0.1) is 0 Å². The minimum Gasteiger partial charge on any atom is -0.397 e. The minimum atomic E-state index is -0.223. The SMILES string of the molecule is Nc1nc(NCc2ccc(C(=O)Nc3ccccc3N)cc2)nc(N2CCN(c3ccccc3)CC2)n1. The van der Waals surface area contributed by atoms with Crippen molar-refractivity contribution in [3.63, 3.8) is 0 Å². The molecule has 1 fully saturated rings. The van der Waals surface area contributed by atoms with Gasteiger partial charge in [-0.25, -0.2) is 0 Å². The number of carbonyl (C=O) groups excluding carboxylic acids is 1. The van der Waals surface area contributed by atoms with Gasteiger partial charge in [-0.05, 0) is 42.0 Å². The molecule has 37 heavy (non-hydrogen) atoms. The fourth-order valence-electron chi connectivity index (χ4n) is 4.17. The van der Waals surface area contributed by atoms with Crippen molar-refractivity contribution in [2.24, 2.45) is 0 Å². The van der Waals surface area contributed by atoms with Gasteiger partial charge < -0.3 is 31.9 Å². The van der Waals surface area contributed by atoms with Gasteiger partial charge in [0.1, 0.15) is 0 Å². The number of piperazine rings is 1. The Labute approximate surface area is 215 Å². The van der Waals surface area contributed by atoms with Crippen molar-refractivity contribution in [2.75, 3.05) is 58.1 Å². The van der Waals surface area contributed by atoms with E-state index in [1.165, 1.54) is 5.69 Å². The molecule has 4 aromatic rings. The summed E-state index contributed by atoms with van der Waals surface area (Å²) in [5.74, 6) is 0.925. The van der Waals surface area contributed by atoms with Gasteiger partial charge in [0.05, 0.1) is 11.4 Å². The minimum absolute atomic E-state index is 0.171. The lowest BCUT2D eigenvalue weighted by Gasteiger charge is -2.36. The molecule has 1 aliphatic rings. The summed E-state index contributed by atoms with van der Waals surface area (Å²) in [6.45, 7) is 3.79. The van der Waals surface area contributed by atoms with Crippen LogP contribution in [0.3, 0.4) is 0 Å². The molecule has 0 atom stereocenters. The second-order valence-corrected chi connectivity index (χ2v) is 8.72. The summed E-state index contributed by atoms with van der Waals surface area (Å²) < 4.78 is 0. The van der Waals surface area contributed by atoms with E-state index in [0.29, 0.717) is 35.4 Å². The number of hydrogen-bond donors (Lipinski definition) is 4. The van der Waals surface area contributed by atoms with Gasteiger partial charge in [0, 0.05) is 44.0 Å². The van der Waals surface area contributed by atoms with Crippen LogP contribution in [-0.2, 0) is 6.54 Å². The van der Waals surface area contributed by atoms with Crippen molar-refractivity contribution in [2.45, 2.75) is 6.54 Å². The van der Waals surface area contributed by atoms with Gasteiger partial charge >= 0.3 is 0 Å². The molecule has 5 rings (SSSR count). The highest BCUT2D eigenvalue weighted by Gasteiger charge is 2.20. The number of nitrogens with one attached hydrogen (secondary N) is 2. The van der Waals surface area contributed by atoms with Gasteiger partial charge in [0.2, 0.25) is 17.8 Å². The molecule has 6 N–H and O–H groups in total. The number of anilines is 6. The zero-order chi connectivity index (χ0) is 25.6. The Bertz CT molecular complexity index is 1350. The molecule has 0 saturated carbocycles. The van der Waals surface area contributed by atoms with E-state index in [1.807, 2.05) is 30.3 Å². The van der Waals surface area contributed by atoms with Crippen molar-refractivity contribution in [1.82, 2.24) is 15.0 Å². The Morgan fingerprint density at radius 3 is 2.19 bits per heavy atom. The summed E-state index contributed by atoms with van der Waals surface area (Å²) in [5.41, 5.74) is 15.7. The number of nitrogens with two attached hydrogens (primary N) is 2. The van der Waals surface area contributed by atoms with Gasteiger partial charge in [0.15, 0.2) is 0 Å². The monoisotopic (exact) mass is 495 g/mol. The summed E-state index contributed by atoms with van der Waals surface area (Å²) in [6, 6.07) is 24.8. The van der Waals surface area contributed by atoms with Crippen LogP contribution >= 0.6 is 0 Å². The molecule has 2 heterocycles. The fourth-order valence-corrected chi connectivity index (χ4v) is 4.17. The van der Waals surface area contributed by atoms with E-state index in [2.05, 4.69) is 59.7 Å². The van der Waals surface area contributed by atoms with E-state index in [4.69, 9.17) is 11.5 Å². The van der Waals surface area contributed by atoms with E-state index in [1.54, 1.807) is 24.3 Å². The molecule has 0 radical (unpaired) electrons. The molecule has 1 aromatic heterocycles. The molecule has 3 aromatic carbocycles. The lowest BCUT2D eigenvalue weighted by molar-refractivity contribution is 0.102. The predicted octanol–water partition coefficient (Wildman–Crippen LogP) is 3.23. The number of rotatable bonds is 7. The van der Waals surface area contributed by atoms with Crippen LogP contribution in [0.5, 0.6) is 0 Å². The van der Waals surface area contributed by atoms with Crippen LogP contribution in [0.15, 0.2) is 78.9 Å². The quantitative estimate of drug-likeness (QED) is 0.285. The Kier molecular flexibility index (Phi) is 6.98. The maximum atomic E-state index is 12.6. The predicted molar refractivity (Wildman–Crippen MR) is 148 cm³/mol. The summed E-state index contributed by atoms with van der Waals surface area (Å²) in [5, 5.41) is 6.05. The first-order valence-electron chi connectivity index (χ1n) is 12.1. The molecule has 1 saturated heterocycles. The van der Waals surface area contributed by atoms with Crippen LogP contribution in [0.1, 0.15) is 15.9 Å². The molecule has 10 nitrogen and oxygen atoms in total. The van der Waals surface area contributed by atoms with Crippen molar-refractivity contribution in [3.05, 3.63) is 90.0 Å². The first kappa shape index (κ1) is 23.9. The zero-order valence-corrected chi connectivity index (χ0v) is 20.3. The molecular formula is C27H29N9O. The maximum Gasteiger partial charge on any atom is 0.255 e.